The molecule has 0 saturated heterocycles. The highest BCUT2D eigenvalue weighted by molar-refractivity contribution is 9.09. The van der Waals surface area contributed by atoms with Gasteiger partial charge >= 0.3 is 0 Å². The maximum absolute atomic E-state index is 12.5. The Kier molecular flexibility index (Phi) is 4.93. The summed E-state index contributed by atoms with van der Waals surface area (Å²) in [5, 5.41) is 1.61. The van der Waals surface area contributed by atoms with Crippen molar-refractivity contribution in [3.8, 4) is 0 Å². The number of amides is 1. The maximum atomic E-state index is 12.5. The van der Waals surface area contributed by atoms with Gasteiger partial charge in [-0.2, -0.15) is 0 Å². The molecule has 0 heterocycles. The van der Waals surface area contributed by atoms with Crippen molar-refractivity contribution in [3.05, 3.63) is 33.8 Å². The number of nitrogens with zero attached hydrogens (tertiary/aromatic N) is 1. The highest BCUT2D eigenvalue weighted by Crippen LogP contribution is 2.30. The second kappa shape index (κ2) is 6.27. The standard InChI is InChI=1S/C13H14BrCl2NO/c14-7-8-17(9-3-1-4-9)13(18)12-10(15)5-2-6-11(12)16/h2,5-6,9H,1,3-4,7-8H2. The molecule has 1 aliphatic carbocycles. The van der Waals surface area contributed by atoms with E-state index < -0.39 is 0 Å². The summed E-state index contributed by atoms with van der Waals surface area (Å²) in [5.74, 6) is -0.0604. The smallest absolute Gasteiger partial charge is 0.257 e. The molecule has 98 valence electrons. The van der Waals surface area contributed by atoms with Crippen molar-refractivity contribution < 1.29 is 4.79 Å². The third-order valence-corrected chi connectivity index (χ3v) is 4.26. The molecule has 1 fully saturated rings. The average molecular weight is 351 g/mol. The summed E-state index contributed by atoms with van der Waals surface area (Å²) in [6.45, 7) is 0.686. The Bertz CT molecular complexity index is 428. The van der Waals surface area contributed by atoms with Crippen LogP contribution in [0.2, 0.25) is 10.0 Å². The van der Waals surface area contributed by atoms with Crippen LogP contribution in [-0.4, -0.2) is 28.7 Å². The molecule has 1 aromatic carbocycles. The van der Waals surface area contributed by atoms with Gasteiger partial charge in [0.1, 0.15) is 0 Å². The molecule has 0 N–H and O–H groups in total. The van der Waals surface area contributed by atoms with Crippen molar-refractivity contribution in [2.24, 2.45) is 0 Å². The summed E-state index contributed by atoms with van der Waals surface area (Å²) >= 11 is 15.6. The van der Waals surface area contributed by atoms with Gasteiger partial charge in [-0.15, -0.1) is 0 Å². The molecule has 0 aliphatic heterocycles. The number of benzene rings is 1. The lowest BCUT2D eigenvalue weighted by Crippen LogP contribution is -2.45. The monoisotopic (exact) mass is 349 g/mol. The van der Waals surface area contributed by atoms with Crippen molar-refractivity contribution in [2.45, 2.75) is 25.3 Å². The van der Waals surface area contributed by atoms with Crippen LogP contribution in [0.5, 0.6) is 0 Å². The Balaban J connectivity index is 2.27. The summed E-state index contributed by atoms with van der Waals surface area (Å²) in [4.78, 5) is 14.4. The number of halogens is 3. The van der Waals surface area contributed by atoms with E-state index in [1.54, 1.807) is 18.2 Å². The third-order valence-electron chi connectivity index (χ3n) is 3.28. The lowest BCUT2D eigenvalue weighted by Gasteiger charge is -2.37. The molecule has 18 heavy (non-hydrogen) atoms. The minimum atomic E-state index is -0.0604. The molecule has 1 aromatic rings. The van der Waals surface area contributed by atoms with E-state index in [0.29, 0.717) is 28.2 Å². The molecule has 0 unspecified atom stereocenters. The summed E-state index contributed by atoms with van der Waals surface area (Å²) in [5.41, 5.74) is 0.425. The first-order valence-electron chi connectivity index (χ1n) is 5.96. The number of hydrogen-bond acceptors (Lipinski definition) is 1. The second-order valence-electron chi connectivity index (χ2n) is 4.37. The Labute approximate surface area is 125 Å². The molecule has 0 atom stereocenters. The minimum absolute atomic E-state index is 0.0604. The molecule has 0 radical (unpaired) electrons. The Morgan fingerprint density at radius 2 is 1.94 bits per heavy atom. The zero-order valence-corrected chi connectivity index (χ0v) is 12.9. The topological polar surface area (TPSA) is 20.3 Å². The third kappa shape index (κ3) is 2.84. The quantitative estimate of drug-likeness (QED) is 0.738. The summed E-state index contributed by atoms with van der Waals surface area (Å²) in [7, 11) is 0. The predicted molar refractivity (Wildman–Crippen MR) is 78.9 cm³/mol. The molecule has 1 amide bonds. The van der Waals surface area contributed by atoms with E-state index in [2.05, 4.69) is 15.9 Å². The van der Waals surface area contributed by atoms with Crippen molar-refractivity contribution in [2.75, 3.05) is 11.9 Å². The molecule has 2 rings (SSSR count). The summed E-state index contributed by atoms with van der Waals surface area (Å²) < 4.78 is 0. The fourth-order valence-corrected chi connectivity index (χ4v) is 3.03. The number of alkyl halides is 1. The van der Waals surface area contributed by atoms with Crippen LogP contribution in [0.1, 0.15) is 29.6 Å². The van der Waals surface area contributed by atoms with E-state index in [0.717, 1.165) is 18.2 Å². The molecule has 2 nitrogen and oxygen atoms in total. The van der Waals surface area contributed by atoms with Gasteiger partial charge in [-0.1, -0.05) is 45.2 Å². The fraction of sp³-hybridized carbons (Fsp3) is 0.462. The molecule has 5 heteroatoms. The number of rotatable bonds is 4. The van der Waals surface area contributed by atoms with Gasteiger partial charge in [0.05, 0.1) is 15.6 Å². The van der Waals surface area contributed by atoms with Crippen LogP contribution in [0.4, 0.5) is 0 Å². The predicted octanol–water partition coefficient (Wildman–Crippen LogP) is 4.38. The number of carbonyl (C=O) groups is 1. The van der Waals surface area contributed by atoms with E-state index in [1.807, 2.05) is 4.90 Å². The van der Waals surface area contributed by atoms with E-state index >= 15 is 0 Å². The van der Waals surface area contributed by atoms with Gasteiger partial charge in [0.2, 0.25) is 0 Å². The van der Waals surface area contributed by atoms with Gasteiger partial charge in [0.15, 0.2) is 0 Å². The van der Waals surface area contributed by atoms with Gasteiger partial charge in [-0.25, -0.2) is 0 Å². The SMILES string of the molecule is O=C(c1c(Cl)cccc1Cl)N(CCBr)C1CCC1. The molecular weight excluding hydrogens is 337 g/mol. The largest absolute Gasteiger partial charge is 0.335 e. The molecule has 0 spiro atoms. The van der Waals surface area contributed by atoms with Crippen molar-refractivity contribution in [3.63, 3.8) is 0 Å². The van der Waals surface area contributed by atoms with Gasteiger partial charge in [0, 0.05) is 17.9 Å². The highest BCUT2D eigenvalue weighted by atomic mass is 79.9. The van der Waals surface area contributed by atoms with Crippen LogP contribution < -0.4 is 0 Å². The normalized spacial score (nSPS) is 15.3. The van der Waals surface area contributed by atoms with Gasteiger partial charge in [0.25, 0.3) is 5.91 Å². The first-order valence-corrected chi connectivity index (χ1v) is 7.84. The molecule has 0 aromatic heterocycles. The van der Waals surface area contributed by atoms with E-state index in [4.69, 9.17) is 23.2 Å². The minimum Gasteiger partial charge on any atom is -0.335 e. The highest BCUT2D eigenvalue weighted by Gasteiger charge is 2.30. The van der Waals surface area contributed by atoms with Crippen molar-refractivity contribution >= 4 is 45.0 Å². The fourth-order valence-electron chi connectivity index (χ4n) is 2.09. The zero-order chi connectivity index (χ0) is 13.1. The second-order valence-corrected chi connectivity index (χ2v) is 5.98. The Morgan fingerprint density at radius 3 is 2.39 bits per heavy atom. The first kappa shape index (κ1) is 14.2. The van der Waals surface area contributed by atoms with Crippen LogP contribution in [0.25, 0.3) is 0 Å². The van der Waals surface area contributed by atoms with Crippen LogP contribution in [-0.2, 0) is 0 Å². The van der Waals surface area contributed by atoms with E-state index in [-0.39, 0.29) is 5.91 Å². The summed E-state index contributed by atoms with van der Waals surface area (Å²) in [6.07, 6.45) is 3.33. The van der Waals surface area contributed by atoms with Gasteiger partial charge in [-0.3, -0.25) is 4.79 Å². The van der Waals surface area contributed by atoms with Crippen LogP contribution >= 0.6 is 39.1 Å². The Hall–Kier alpha value is -0.250. The van der Waals surface area contributed by atoms with Crippen molar-refractivity contribution in [1.82, 2.24) is 4.90 Å². The lowest BCUT2D eigenvalue weighted by atomic mass is 9.91. The first-order chi connectivity index (χ1) is 8.65. The summed E-state index contributed by atoms with van der Waals surface area (Å²) in [6, 6.07) is 5.49. The van der Waals surface area contributed by atoms with Gasteiger partial charge in [-0.05, 0) is 31.4 Å². The lowest BCUT2D eigenvalue weighted by molar-refractivity contribution is 0.0600. The van der Waals surface area contributed by atoms with E-state index in [9.17, 15) is 4.79 Å². The zero-order valence-electron chi connectivity index (χ0n) is 9.83. The van der Waals surface area contributed by atoms with E-state index in [1.165, 1.54) is 6.42 Å². The van der Waals surface area contributed by atoms with Crippen LogP contribution in [0, 0.1) is 0 Å². The molecule has 1 aliphatic rings. The van der Waals surface area contributed by atoms with Crippen LogP contribution in [0.3, 0.4) is 0 Å². The molecular formula is C13H14BrCl2NO. The number of carbonyl (C=O) groups excluding carboxylic acids is 1. The molecule has 0 bridgehead atoms. The number of hydrogen-bond donors (Lipinski definition) is 0. The Morgan fingerprint density at radius 1 is 1.33 bits per heavy atom. The van der Waals surface area contributed by atoms with Crippen molar-refractivity contribution in [1.29, 1.82) is 0 Å². The van der Waals surface area contributed by atoms with Crippen LogP contribution in [0.15, 0.2) is 18.2 Å². The van der Waals surface area contributed by atoms with Gasteiger partial charge < -0.3 is 4.90 Å². The molecule has 1 saturated carbocycles. The maximum Gasteiger partial charge on any atom is 0.257 e. The average Bonchev–Trinajstić information content (AvgIpc) is 2.25.